The molecule has 1 spiro atoms. The predicted octanol–water partition coefficient (Wildman–Crippen LogP) is 3.92. The lowest BCUT2D eigenvalue weighted by Crippen LogP contribution is -2.47. The van der Waals surface area contributed by atoms with Crippen LogP contribution in [0.15, 0.2) is 42.5 Å². The highest BCUT2D eigenvalue weighted by Crippen LogP contribution is 2.56. The molecular weight excluding hydrogens is 344 g/mol. The number of benzene rings is 2. The number of rotatable bonds is 1. The van der Waals surface area contributed by atoms with Crippen LogP contribution in [0.25, 0.3) is 0 Å². The lowest BCUT2D eigenvalue weighted by atomic mass is 10.0. The molecule has 24 heavy (non-hydrogen) atoms. The summed E-state index contributed by atoms with van der Waals surface area (Å²) in [6.45, 7) is 3.74. The molecule has 6 heteroatoms. The second-order valence-corrected chi connectivity index (χ2v) is 7.95. The first-order valence-corrected chi connectivity index (χ1v) is 8.90. The summed E-state index contributed by atoms with van der Waals surface area (Å²) in [4.78, 5) is 26.3. The minimum atomic E-state index is -1.08. The van der Waals surface area contributed by atoms with Gasteiger partial charge in [-0.1, -0.05) is 35.9 Å². The summed E-state index contributed by atoms with van der Waals surface area (Å²) in [5, 5.41) is 3.17. The zero-order valence-electron chi connectivity index (χ0n) is 13.2. The Labute approximate surface area is 149 Å². The highest BCUT2D eigenvalue weighted by atomic mass is 35.5. The minimum Gasteiger partial charge on any atom is -0.323 e. The maximum Gasteiger partial charge on any atom is 0.266 e. The number of fused-ring (bicyclic) bond motifs is 2. The highest BCUT2D eigenvalue weighted by Gasteiger charge is 2.60. The molecule has 2 heterocycles. The molecule has 122 valence electrons. The molecule has 0 radical (unpaired) electrons. The van der Waals surface area contributed by atoms with Crippen LogP contribution in [0, 0.1) is 6.92 Å². The van der Waals surface area contributed by atoms with Crippen LogP contribution in [0.1, 0.15) is 18.1 Å². The van der Waals surface area contributed by atoms with Gasteiger partial charge in [0.15, 0.2) is 0 Å². The quantitative estimate of drug-likeness (QED) is 0.840. The number of amides is 2. The summed E-state index contributed by atoms with van der Waals surface area (Å²) in [5.74, 6) is -0.283. The van der Waals surface area contributed by atoms with Crippen LogP contribution < -0.4 is 10.2 Å². The number of carbonyl (C=O) groups excluding carboxylic acids is 2. The molecule has 4 rings (SSSR count). The summed E-state index contributed by atoms with van der Waals surface area (Å²) < 4.78 is 0. The monoisotopic (exact) mass is 358 g/mol. The normalized spacial score (nSPS) is 25.3. The minimum absolute atomic E-state index is 0.0910. The standard InChI is InChI=1S/C18H15ClN2O2S/c1-10-7-8-12(9-14(10)19)21-16(22)11(2)24-18(21)13-5-3-4-6-15(13)20-17(18)23/h3-9,11H,1-2H3,(H,20,23)/t11-,18-/m1/s1. The lowest BCUT2D eigenvalue weighted by molar-refractivity contribution is -0.122. The van der Waals surface area contributed by atoms with E-state index in [9.17, 15) is 9.59 Å². The van der Waals surface area contributed by atoms with Crippen molar-refractivity contribution >= 4 is 46.6 Å². The maximum atomic E-state index is 12.9. The molecule has 2 atom stereocenters. The molecule has 2 amide bonds. The van der Waals surface area contributed by atoms with Crippen molar-refractivity contribution in [3.63, 3.8) is 0 Å². The van der Waals surface area contributed by atoms with Crippen molar-refractivity contribution in [3.05, 3.63) is 58.6 Å². The number of halogens is 1. The number of thioether (sulfide) groups is 1. The molecule has 0 unspecified atom stereocenters. The van der Waals surface area contributed by atoms with Gasteiger partial charge in [-0.05, 0) is 37.6 Å². The number of nitrogens with zero attached hydrogens (tertiary/aromatic N) is 1. The van der Waals surface area contributed by atoms with Gasteiger partial charge in [-0.15, -0.1) is 11.8 Å². The van der Waals surface area contributed by atoms with Crippen molar-refractivity contribution in [3.8, 4) is 0 Å². The van der Waals surface area contributed by atoms with Crippen LogP contribution in [0.4, 0.5) is 11.4 Å². The van der Waals surface area contributed by atoms with E-state index in [1.54, 1.807) is 11.0 Å². The summed E-state index contributed by atoms with van der Waals surface area (Å²) in [7, 11) is 0. The zero-order chi connectivity index (χ0) is 17.1. The van der Waals surface area contributed by atoms with Crippen LogP contribution in [0.5, 0.6) is 0 Å². The Hall–Kier alpha value is -1.98. The fourth-order valence-electron chi connectivity index (χ4n) is 3.28. The van der Waals surface area contributed by atoms with Crippen molar-refractivity contribution in [2.45, 2.75) is 24.0 Å². The van der Waals surface area contributed by atoms with Gasteiger partial charge in [0.2, 0.25) is 10.8 Å². The molecule has 2 aliphatic heterocycles. The molecule has 2 aromatic rings. The molecule has 2 aliphatic rings. The summed E-state index contributed by atoms with van der Waals surface area (Å²) >= 11 is 7.63. The van der Waals surface area contributed by atoms with E-state index >= 15 is 0 Å². The number of aryl methyl sites for hydroxylation is 1. The Kier molecular flexibility index (Phi) is 3.41. The van der Waals surface area contributed by atoms with E-state index in [1.165, 1.54) is 11.8 Å². The molecule has 1 N–H and O–H groups in total. The molecule has 0 saturated carbocycles. The van der Waals surface area contributed by atoms with Crippen molar-refractivity contribution < 1.29 is 9.59 Å². The van der Waals surface area contributed by atoms with Crippen LogP contribution >= 0.6 is 23.4 Å². The Balaban J connectivity index is 1.95. The van der Waals surface area contributed by atoms with E-state index < -0.39 is 4.87 Å². The van der Waals surface area contributed by atoms with E-state index in [4.69, 9.17) is 11.6 Å². The number of hydrogen-bond donors (Lipinski definition) is 1. The van der Waals surface area contributed by atoms with Crippen LogP contribution in [0.3, 0.4) is 0 Å². The summed E-state index contributed by atoms with van der Waals surface area (Å²) in [6, 6.07) is 13.0. The number of carbonyl (C=O) groups is 2. The molecule has 4 nitrogen and oxygen atoms in total. The Morgan fingerprint density at radius 2 is 1.96 bits per heavy atom. The number of nitrogens with one attached hydrogen (secondary N) is 1. The van der Waals surface area contributed by atoms with Gasteiger partial charge in [0.05, 0.1) is 5.25 Å². The van der Waals surface area contributed by atoms with E-state index in [1.807, 2.05) is 50.2 Å². The predicted molar refractivity (Wildman–Crippen MR) is 97.5 cm³/mol. The second-order valence-electron chi connectivity index (χ2n) is 6.01. The van der Waals surface area contributed by atoms with Gasteiger partial charge in [-0.2, -0.15) is 0 Å². The van der Waals surface area contributed by atoms with Gasteiger partial charge in [-0.3, -0.25) is 14.5 Å². The second kappa shape index (κ2) is 5.26. The molecule has 1 fully saturated rings. The van der Waals surface area contributed by atoms with Gasteiger partial charge in [-0.25, -0.2) is 0 Å². The molecule has 0 aliphatic carbocycles. The van der Waals surface area contributed by atoms with Crippen molar-refractivity contribution in [2.24, 2.45) is 0 Å². The Morgan fingerprint density at radius 3 is 2.71 bits per heavy atom. The van der Waals surface area contributed by atoms with Crippen LogP contribution in [-0.2, 0) is 14.5 Å². The topological polar surface area (TPSA) is 49.4 Å². The third-order valence-electron chi connectivity index (χ3n) is 4.49. The average molecular weight is 359 g/mol. The number of anilines is 2. The fraction of sp³-hybridized carbons (Fsp3) is 0.222. The Bertz CT molecular complexity index is 885. The summed E-state index contributed by atoms with van der Waals surface area (Å²) in [5.41, 5.74) is 3.13. The molecule has 1 saturated heterocycles. The maximum absolute atomic E-state index is 12.9. The van der Waals surface area contributed by atoms with Gasteiger partial charge in [0.25, 0.3) is 5.91 Å². The van der Waals surface area contributed by atoms with Crippen molar-refractivity contribution in [1.82, 2.24) is 0 Å². The van der Waals surface area contributed by atoms with Crippen molar-refractivity contribution in [2.75, 3.05) is 10.2 Å². The smallest absolute Gasteiger partial charge is 0.266 e. The van der Waals surface area contributed by atoms with Gasteiger partial charge >= 0.3 is 0 Å². The molecule has 0 bridgehead atoms. The van der Waals surface area contributed by atoms with Gasteiger partial charge < -0.3 is 5.32 Å². The molecular formula is C18H15ClN2O2S. The van der Waals surface area contributed by atoms with Crippen LogP contribution in [-0.4, -0.2) is 17.1 Å². The first kappa shape index (κ1) is 15.5. The SMILES string of the molecule is Cc1ccc(N2C(=O)[C@@H](C)S[C@]23C(=O)Nc2ccccc23)cc1Cl. The zero-order valence-corrected chi connectivity index (χ0v) is 14.7. The first-order valence-electron chi connectivity index (χ1n) is 7.64. The summed E-state index contributed by atoms with van der Waals surface area (Å²) in [6.07, 6.45) is 0. The van der Waals surface area contributed by atoms with E-state index in [-0.39, 0.29) is 17.1 Å². The third kappa shape index (κ3) is 1.95. The number of hydrogen-bond acceptors (Lipinski definition) is 3. The van der Waals surface area contributed by atoms with Crippen LogP contribution in [0.2, 0.25) is 5.02 Å². The van der Waals surface area contributed by atoms with E-state index in [0.29, 0.717) is 10.7 Å². The fourth-order valence-corrected chi connectivity index (χ4v) is 4.94. The van der Waals surface area contributed by atoms with Gasteiger partial charge in [0.1, 0.15) is 0 Å². The highest BCUT2D eigenvalue weighted by molar-refractivity contribution is 8.03. The van der Waals surface area contributed by atoms with E-state index in [0.717, 1.165) is 16.8 Å². The van der Waals surface area contributed by atoms with Gasteiger partial charge in [0, 0.05) is 22.0 Å². The first-order chi connectivity index (χ1) is 11.4. The largest absolute Gasteiger partial charge is 0.323 e. The molecule has 0 aromatic heterocycles. The lowest BCUT2D eigenvalue weighted by Gasteiger charge is -2.32. The van der Waals surface area contributed by atoms with Crippen molar-refractivity contribution in [1.29, 1.82) is 0 Å². The molecule has 2 aromatic carbocycles. The number of para-hydroxylation sites is 1. The average Bonchev–Trinajstić information content (AvgIpc) is 2.98. The van der Waals surface area contributed by atoms with E-state index in [2.05, 4.69) is 5.32 Å². The third-order valence-corrected chi connectivity index (χ3v) is 6.38. The Morgan fingerprint density at radius 1 is 1.21 bits per heavy atom.